The standard InChI is InChI=1S/C27H28Cl3N3O3/c28-21-3-1-2-20(26(21)30)23-6-7-25(36-23)27(34)33-14-12-32(13-15-33)17-18-4-5-24(22(29)16-18)35-19-8-10-31-11-9-19/h1-7,16,19,31H,8-15,17H2. The number of carbonyl (C=O) groups is 1. The van der Waals surface area contributed by atoms with E-state index < -0.39 is 0 Å². The van der Waals surface area contributed by atoms with E-state index in [1.807, 2.05) is 23.1 Å². The highest BCUT2D eigenvalue weighted by Crippen LogP contribution is 2.34. The van der Waals surface area contributed by atoms with E-state index in [9.17, 15) is 4.79 Å². The number of furan rings is 1. The van der Waals surface area contributed by atoms with Crippen LogP contribution in [0.2, 0.25) is 15.1 Å². The molecule has 2 aliphatic heterocycles. The maximum Gasteiger partial charge on any atom is 0.289 e. The van der Waals surface area contributed by atoms with Gasteiger partial charge in [-0.1, -0.05) is 46.9 Å². The molecule has 190 valence electrons. The van der Waals surface area contributed by atoms with Crippen LogP contribution in [0.15, 0.2) is 52.9 Å². The van der Waals surface area contributed by atoms with Crippen molar-refractivity contribution in [2.45, 2.75) is 25.5 Å². The van der Waals surface area contributed by atoms with Gasteiger partial charge in [-0.25, -0.2) is 0 Å². The second kappa shape index (κ2) is 11.4. The van der Waals surface area contributed by atoms with Gasteiger partial charge in [0.05, 0.1) is 15.1 Å². The molecule has 0 spiro atoms. The molecule has 1 aromatic heterocycles. The van der Waals surface area contributed by atoms with E-state index in [2.05, 4.69) is 16.3 Å². The van der Waals surface area contributed by atoms with E-state index in [-0.39, 0.29) is 12.0 Å². The first kappa shape index (κ1) is 25.4. The zero-order valence-electron chi connectivity index (χ0n) is 19.8. The van der Waals surface area contributed by atoms with E-state index in [1.54, 1.807) is 24.3 Å². The van der Waals surface area contributed by atoms with E-state index in [4.69, 9.17) is 44.0 Å². The highest BCUT2D eigenvalue weighted by molar-refractivity contribution is 6.43. The molecule has 36 heavy (non-hydrogen) atoms. The number of benzene rings is 2. The fraction of sp³-hybridized carbons (Fsp3) is 0.370. The van der Waals surface area contributed by atoms with Gasteiger partial charge in [0.1, 0.15) is 17.6 Å². The number of nitrogens with zero attached hydrogens (tertiary/aromatic N) is 2. The molecule has 0 atom stereocenters. The third kappa shape index (κ3) is 5.84. The number of amides is 1. The molecule has 2 aromatic carbocycles. The van der Waals surface area contributed by atoms with Gasteiger partial charge in [-0.2, -0.15) is 0 Å². The Bertz CT molecular complexity index is 1220. The van der Waals surface area contributed by atoms with Crippen LogP contribution in [0.4, 0.5) is 0 Å². The van der Waals surface area contributed by atoms with Crippen molar-refractivity contribution >= 4 is 40.7 Å². The first-order valence-corrected chi connectivity index (χ1v) is 13.3. The molecule has 0 radical (unpaired) electrons. The van der Waals surface area contributed by atoms with Crippen LogP contribution in [0.5, 0.6) is 5.75 Å². The summed E-state index contributed by atoms with van der Waals surface area (Å²) in [6.45, 7) is 5.51. The van der Waals surface area contributed by atoms with E-state index in [1.165, 1.54) is 0 Å². The van der Waals surface area contributed by atoms with Gasteiger partial charge in [-0.3, -0.25) is 9.69 Å². The van der Waals surface area contributed by atoms with Crippen molar-refractivity contribution in [3.05, 3.63) is 74.9 Å². The highest BCUT2D eigenvalue weighted by atomic mass is 35.5. The van der Waals surface area contributed by atoms with Crippen LogP contribution in [-0.4, -0.2) is 61.1 Å². The molecule has 1 N–H and O–H groups in total. The largest absolute Gasteiger partial charge is 0.489 e. The van der Waals surface area contributed by atoms with E-state index in [0.717, 1.165) is 56.9 Å². The Morgan fingerprint density at radius 2 is 1.75 bits per heavy atom. The summed E-state index contributed by atoms with van der Waals surface area (Å²) in [6, 6.07) is 14.8. The predicted octanol–water partition coefficient (Wildman–Crippen LogP) is 6.00. The van der Waals surface area contributed by atoms with Crippen LogP contribution in [-0.2, 0) is 6.54 Å². The number of hydrogen-bond donors (Lipinski definition) is 1. The number of ether oxygens (including phenoxy) is 1. The van der Waals surface area contributed by atoms with Crippen molar-refractivity contribution in [2.75, 3.05) is 39.3 Å². The fourth-order valence-corrected chi connectivity index (χ4v) is 5.29. The molecule has 2 aliphatic rings. The van der Waals surface area contributed by atoms with Gasteiger partial charge < -0.3 is 19.4 Å². The Kier molecular flexibility index (Phi) is 8.09. The summed E-state index contributed by atoms with van der Waals surface area (Å²) in [6.07, 6.45) is 2.21. The second-order valence-electron chi connectivity index (χ2n) is 9.17. The van der Waals surface area contributed by atoms with Gasteiger partial charge in [-0.05, 0) is 67.9 Å². The minimum absolute atomic E-state index is 0.124. The molecule has 6 nitrogen and oxygen atoms in total. The van der Waals surface area contributed by atoms with Crippen LogP contribution in [0.25, 0.3) is 11.3 Å². The molecule has 5 rings (SSSR count). The summed E-state index contributed by atoms with van der Waals surface area (Å²) in [5.74, 6) is 1.45. The Labute approximate surface area is 226 Å². The quantitative estimate of drug-likeness (QED) is 0.410. The third-order valence-corrected chi connectivity index (χ3v) is 7.79. The van der Waals surface area contributed by atoms with E-state index in [0.29, 0.717) is 45.2 Å². The van der Waals surface area contributed by atoms with Crippen LogP contribution in [0.3, 0.4) is 0 Å². The predicted molar refractivity (Wildman–Crippen MR) is 143 cm³/mol. The van der Waals surface area contributed by atoms with Crippen LogP contribution >= 0.6 is 34.8 Å². The first-order valence-electron chi connectivity index (χ1n) is 12.2. The molecule has 0 unspecified atom stereocenters. The van der Waals surface area contributed by atoms with Crippen LogP contribution in [0.1, 0.15) is 29.0 Å². The molecule has 0 aliphatic carbocycles. The fourth-order valence-electron chi connectivity index (χ4n) is 4.65. The topological polar surface area (TPSA) is 58.0 Å². The summed E-state index contributed by atoms with van der Waals surface area (Å²) in [5.41, 5.74) is 1.80. The van der Waals surface area contributed by atoms with Gasteiger partial charge >= 0.3 is 0 Å². The number of halogens is 3. The lowest BCUT2D eigenvalue weighted by Gasteiger charge is -2.34. The number of nitrogens with one attached hydrogen (secondary N) is 1. The summed E-state index contributed by atoms with van der Waals surface area (Å²) in [4.78, 5) is 17.2. The van der Waals surface area contributed by atoms with Crippen molar-refractivity contribution in [1.82, 2.24) is 15.1 Å². The Morgan fingerprint density at radius 1 is 0.972 bits per heavy atom. The van der Waals surface area contributed by atoms with Gasteiger partial charge in [0.2, 0.25) is 0 Å². The maximum atomic E-state index is 13.0. The average molecular weight is 549 g/mol. The number of rotatable bonds is 6. The minimum atomic E-state index is -0.124. The molecule has 0 bridgehead atoms. The Balaban J connectivity index is 1.15. The van der Waals surface area contributed by atoms with Gasteiger partial charge in [0, 0.05) is 38.3 Å². The van der Waals surface area contributed by atoms with Crippen LogP contribution in [0, 0.1) is 0 Å². The molecular weight excluding hydrogens is 521 g/mol. The third-order valence-electron chi connectivity index (χ3n) is 6.68. The Morgan fingerprint density at radius 3 is 2.50 bits per heavy atom. The summed E-state index contributed by atoms with van der Waals surface area (Å²) < 4.78 is 11.9. The second-order valence-corrected chi connectivity index (χ2v) is 10.4. The molecule has 9 heteroatoms. The molecule has 0 saturated carbocycles. The summed E-state index contributed by atoms with van der Waals surface area (Å²) in [7, 11) is 0. The monoisotopic (exact) mass is 547 g/mol. The SMILES string of the molecule is O=C(c1ccc(-c2cccc(Cl)c2Cl)o1)N1CCN(Cc2ccc(OC3CCNCC3)c(Cl)c2)CC1. The lowest BCUT2D eigenvalue weighted by Crippen LogP contribution is -2.48. The zero-order valence-corrected chi connectivity index (χ0v) is 22.1. The summed E-state index contributed by atoms with van der Waals surface area (Å²) in [5, 5.41) is 4.84. The van der Waals surface area contributed by atoms with Crippen molar-refractivity contribution in [2.24, 2.45) is 0 Å². The van der Waals surface area contributed by atoms with Gasteiger partial charge in [-0.15, -0.1) is 0 Å². The average Bonchev–Trinajstić information content (AvgIpc) is 3.38. The van der Waals surface area contributed by atoms with E-state index >= 15 is 0 Å². The maximum absolute atomic E-state index is 13.0. The lowest BCUT2D eigenvalue weighted by atomic mass is 10.1. The number of carbonyl (C=O) groups excluding carboxylic acids is 1. The van der Waals surface area contributed by atoms with Crippen LogP contribution < -0.4 is 10.1 Å². The van der Waals surface area contributed by atoms with Crippen molar-refractivity contribution in [3.8, 4) is 17.1 Å². The molecule has 2 fully saturated rings. The highest BCUT2D eigenvalue weighted by Gasteiger charge is 2.25. The summed E-state index contributed by atoms with van der Waals surface area (Å²) >= 11 is 18.9. The minimum Gasteiger partial charge on any atom is -0.489 e. The van der Waals surface area contributed by atoms with Crippen molar-refractivity contribution in [3.63, 3.8) is 0 Å². The molecule has 3 heterocycles. The Hall–Kier alpha value is -2.22. The first-order chi connectivity index (χ1) is 17.5. The van der Waals surface area contributed by atoms with Crippen molar-refractivity contribution < 1.29 is 13.9 Å². The number of hydrogen-bond acceptors (Lipinski definition) is 5. The normalized spacial score (nSPS) is 17.4. The van der Waals surface area contributed by atoms with Gasteiger partial charge in [0.15, 0.2) is 5.76 Å². The number of piperazine rings is 1. The molecule has 1 amide bonds. The molecule has 2 saturated heterocycles. The zero-order chi connectivity index (χ0) is 25.1. The van der Waals surface area contributed by atoms with Gasteiger partial charge in [0.25, 0.3) is 5.91 Å². The van der Waals surface area contributed by atoms with Crippen molar-refractivity contribution in [1.29, 1.82) is 0 Å². The number of piperidine rings is 1. The molecular formula is C27H28Cl3N3O3. The smallest absolute Gasteiger partial charge is 0.289 e. The molecule has 3 aromatic rings. The lowest BCUT2D eigenvalue weighted by molar-refractivity contribution is 0.0598.